The Morgan fingerprint density at radius 1 is 0.591 bits per heavy atom. The third kappa shape index (κ3) is 12.7. The number of benzene rings is 4. The Labute approximate surface area is 401 Å². The highest BCUT2D eigenvalue weighted by Gasteiger charge is 2.36. The quantitative estimate of drug-likeness (QED) is 0.0394. The van der Waals surface area contributed by atoms with E-state index in [2.05, 4.69) is 139 Å². The van der Waals surface area contributed by atoms with Crippen LogP contribution in [0.3, 0.4) is 0 Å². The molecule has 0 fully saturated rings. The Balaban J connectivity index is 1.02. The summed E-state index contributed by atoms with van der Waals surface area (Å²) < 4.78 is 4.58. The first-order valence-corrected chi connectivity index (χ1v) is 25.7. The van der Waals surface area contributed by atoms with Gasteiger partial charge in [-0.2, -0.15) is 0 Å². The number of rotatable bonds is 23. The number of nitrogens with zero attached hydrogens (tertiary/aromatic N) is 1. The number of carboxylic acid groups (broad SMARTS) is 1. The van der Waals surface area contributed by atoms with E-state index in [1.165, 1.54) is 142 Å². The van der Waals surface area contributed by atoms with E-state index in [0.717, 1.165) is 49.2 Å². The molecule has 2 heterocycles. The van der Waals surface area contributed by atoms with Crippen molar-refractivity contribution in [1.29, 1.82) is 0 Å². The number of aryl methyl sites for hydroxylation is 1. The first kappa shape index (κ1) is 48.1. The molecule has 0 atom stereocenters. The molecule has 6 aromatic rings. The van der Waals surface area contributed by atoms with Crippen LogP contribution in [0.4, 0.5) is 17.1 Å². The lowest BCUT2D eigenvalue weighted by atomic mass is 9.81. The third-order valence-electron chi connectivity index (χ3n) is 12.9. The summed E-state index contributed by atoms with van der Waals surface area (Å²) in [6, 6.07) is 39.1. The molecule has 0 saturated heterocycles. The van der Waals surface area contributed by atoms with Gasteiger partial charge in [-0.05, 0) is 124 Å². The maximum absolute atomic E-state index is 11.0. The van der Waals surface area contributed by atoms with E-state index in [9.17, 15) is 9.59 Å². The van der Waals surface area contributed by atoms with E-state index in [0.29, 0.717) is 11.3 Å². The van der Waals surface area contributed by atoms with Gasteiger partial charge in [0.1, 0.15) is 6.11 Å². The van der Waals surface area contributed by atoms with Gasteiger partial charge in [-0.15, -0.1) is 22.7 Å². The number of carboxylic acids is 1. The molecule has 1 aliphatic carbocycles. The Morgan fingerprint density at radius 3 is 1.58 bits per heavy atom. The van der Waals surface area contributed by atoms with Crippen LogP contribution in [0.1, 0.15) is 150 Å². The zero-order valence-electron chi connectivity index (χ0n) is 38.9. The van der Waals surface area contributed by atoms with E-state index in [1.54, 1.807) is 11.3 Å². The van der Waals surface area contributed by atoms with Crippen molar-refractivity contribution in [3.63, 3.8) is 0 Å². The molecular formula is C59H63NO4S2. The van der Waals surface area contributed by atoms with E-state index >= 15 is 0 Å². The zero-order valence-corrected chi connectivity index (χ0v) is 40.6. The summed E-state index contributed by atoms with van der Waals surface area (Å²) in [5, 5.41) is 9.02. The maximum Gasteiger partial charge on any atom is 0.382 e. The van der Waals surface area contributed by atoms with Gasteiger partial charge in [-0.3, -0.25) is 4.79 Å². The van der Waals surface area contributed by atoms with Crippen molar-refractivity contribution in [3.8, 4) is 55.9 Å². The van der Waals surface area contributed by atoms with Gasteiger partial charge in [0.25, 0.3) is 0 Å². The summed E-state index contributed by atoms with van der Waals surface area (Å²) in [7, 11) is 0. The molecule has 0 unspecified atom stereocenters. The van der Waals surface area contributed by atoms with Crippen LogP contribution in [-0.2, 0) is 26.2 Å². The molecular weight excluding hydrogens is 851 g/mol. The monoisotopic (exact) mass is 913 g/mol. The number of fused-ring (bicyclic) bond motifs is 3. The molecule has 340 valence electrons. The highest BCUT2D eigenvalue weighted by atomic mass is 32.1. The number of hydrogen-bond acceptors (Lipinski definition) is 6. The number of hydrogen-bond donors (Lipinski definition) is 1. The molecule has 0 bridgehead atoms. The predicted octanol–water partition coefficient (Wildman–Crippen LogP) is 16.6. The third-order valence-corrected chi connectivity index (χ3v) is 15.0. The van der Waals surface area contributed by atoms with Crippen molar-refractivity contribution >= 4 is 52.2 Å². The van der Waals surface area contributed by atoms with Crippen molar-refractivity contribution in [2.24, 2.45) is 0 Å². The Morgan fingerprint density at radius 2 is 1.06 bits per heavy atom. The summed E-state index contributed by atoms with van der Waals surface area (Å²) >= 11 is 3.03. The molecule has 5 nitrogen and oxygen atoms in total. The number of ether oxygens (including phenoxy) is 1. The average Bonchev–Trinajstić information content (AvgIpc) is 4.06. The predicted molar refractivity (Wildman–Crippen MR) is 277 cm³/mol. The van der Waals surface area contributed by atoms with Crippen LogP contribution < -0.4 is 4.90 Å². The van der Waals surface area contributed by atoms with Gasteiger partial charge in [0.15, 0.2) is 0 Å². The fourth-order valence-electron chi connectivity index (χ4n) is 9.28. The van der Waals surface area contributed by atoms with Crippen molar-refractivity contribution in [1.82, 2.24) is 0 Å². The first-order valence-electron chi connectivity index (χ1n) is 24.1. The van der Waals surface area contributed by atoms with Gasteiger partial charge in [0.2, 0.25) is 0 Å². The van der Waals surface area contributed by atoms with Crippen LogP contribution in [0.25, 0.3) is 32.0 Å². The van der Waals surface area contributed by atoms with Crippen LogP contribution in [0.2, 0.25) is 0 Å². The summed E-state index contributed by atoms with van der Waals surface area (Å²) in [6.07, 6.45) is 25.7. The summed E-state index contributed by atoms with van der Waals surface area (Å²) in [6.45, 7) is 7.36. The highest BCUT2D eigenvalue weighted by Crippen LogP contribution is 2.51. The molecule has 1 N–H and O–H groups in total. The number of thiophene rings is 2. The molecule has 0 radical (unpaired) electrons. The molecule has 66 heavy (non-hydrogen) atoms. The average molecular weight is 914 g/mol. The number of carbonyl (C=O) groups is 2. The summed E-state index contributed by atoms with van der Waals surface area (Å²) in [5.74, 6) is 6.70. The van der Waals surface area contributed by atoms with Gasteiger partial charge in [0.05, 0.1) is 9.75 Å². The van der Waals surface area contributed by atoms with Gasteiger partial charge < -0.3 is 14.7 Å². The zero-order chi connectivity index (χ0) is 46.1. The smallest absolute Gasteiger partial charge is 0.382 e. The van der Waals surface area contributed by atoms with E-state index in [4.69, 9.17) is 5.11 Å². The Hall–Kier alpha value is -5.86. The second-order valence-corrected chi connectivity index (χ2v) is 20.2. The lowest BCUT2D eigenvalue weighted by Crippen LogP contribution is -2.17. The second kappa shape index (κ2) is 24.1. The lowest BCUT2D eigenvalue weighted by Gasteiger charge is -2.28. The standard InChI is InChI=1S/C59H63NO4S2/c1-4-5-6-7-8-9-10-11-12-13-14-15-16-17-18-19-20-44-21-34-52-53-35-30-49(42-55(53)59(2,3)54(52)41-44)60(47-26-22-45(23-27-47)56-36-31-50(65-56)33-38-58(62)63)48-28-24-46(25-29-48)57-37-32-51(66-57)39-40-64-43-61/h21-32,34-37,41-43H,4-20H2,1-3H3,(H,62,63). The number of unbranched alkanes of at least 4 members (excludes halogenated alkanes) is 15. The minimum atomic E-state index is -1.14. The lowest BCUT2D eigenvalue weighted by molar-refractivity contribution is -0.130. The molecule has 0 spiro atoms. The molecule has 4 aromatic carbocycles. The Kier molecular flexibility index (Phi) is 17.5. The largest absolute Gasteiger partial charge is 0.472 e. The van der Waals surface area contributed by atoms with Gasteiger partial charge in [-0.25, -0.2) is 4.79 Å². The minimum absolute atomic E-state index is 0.165. The van der Waals surface area contributed by atoms with Crippen molar-refractivity contribution in [2.45, 2.75) is 135 Å². The maximum atomic E-state index is 11.0. The van der Waals surface area contributed by atoms with E-state index in [-0.39, 0.29) is 5.41 Å². The van der Waals surface area contributed by atoms with Crippen LogP contribution >= 0.6 is 22.7 Å². The molecule has 0 saturated carbocycles. The van der Waals surface area contributed by atoms with Crippen molar-refractivity contribution in [2.75, 3.05) is 4.90 Å². The molecule has 2 aromatic heterocycles. The summed E-state index contributed by atoms with van der Waals surface area (Å²) in [4.78, 5) is 27.5. The van der Waals surface area contributed by atoms with E-state index < -0.39 is 5.97 Å². The van der Waals surface area contributed by atoms with Crippen LogP contribution in [0.15, 0.2) is 109 Å². The molecule has 1 aliphatic rings. The number of aliphatic carboxylic acids is 1. The van der Waals surface area contributed by atoms with Gasteiger partial charge in [0, 0.05) is 38.2 Å². The fourth-order valence-corrected chi connectivity index (χ4v) is 11.0. The molecule has 0 amide bonds. The Bertz CT molecular complexity index is 2660. The summed E-state index contributed by atoms with van der Waals surface area (Å²) in [5.41, 5.74) is 11.9. The second-order valence-electron chi connectivity index (χ2n) is 18.0. The van der Waals surface area contributed by atoms with Gasteiger partial charge >= 0.3 is 12.4 Å². The molecule has 7 heteroatoms. The first-order chi connectivity index (χ1) is 32.2. The molecule has 0 aliphatic heterocycles. The fraction of sp³-hybridized carbons (Fsp3) is 0.356. The van der Waals surface area contributed by atoms with Crippen molar-refractivity contribution < 1.29 is 19.4 Å². The van der Waals surface area contributed by atoms with Crippen molar-refractivity contribution in [3.05, 3.63) is 136 Å². The topological polar surface area (TPSA) is 66.8 Å². The normalized spacial score (nSPS) is 12.0. The van der Waals surface area contributed by atoms with Crippen LogP contribution in [0.5, 0.6) is 0 Å². The minimum Gasteiger partial charge on any atom is -0.472 e. The number of carbonyl (C=O) groups excluding carboxylic acids is 1. The van der Waals surface area contributed by atoms with Crippen LogP contribution in [0, 0.1) is 23.9 Å². The molecule has 7 rings (SSSR count). The van der Waals surface area contributed by atoms with E-state index in [1.807, 2.05) is 24.3 Å². The SMILES string of the molecule is CCCCCCCCCCCCCCCCCCc1ccc2c(c1)C(C)(C)c1cc(N(c3ccc(-c4ccc(C#COC=O)s4)cc3)c3ccc(-c4ccc(C#CC(=O)O)s4)cc3)ccc1-2. The number of anilines is 3. The highest BCUT2D eigenvalue weighted by molar-refractivity contribution is 7.16. The van der Waals surface area contributed by atoms with Gasteiger partial charge in [-0.1, -0.05) is 166 Å². The van der Waals surface area contributed by atoms with Crippen LogP contribution in [-0.4, -0.2) is 17.5 Å².